The van der Waals surface area contributed by atoms with Gasteiger partial charge in [-0.25, -0.2) is 0 Å². The molecule has 3 heterocycles. The smallest absolute Gasteiger partial charge is 0.254 e. The van der Waals surface area contributed by atoms with E-state index >= 15 is 0 Å². The van der Waals surface area contributed by atoms with Gasteiger partial charge in [-0.2, -0.15) is 5.10 Å². The van der Waals surface area contributed by atoms with Gasteiger partial charge < -0.3 is 15.2 Å². The van der Waals surface area contributed by atoms with Crippen LogP contribution in [-0.2, 0) is 0 Å². The summed E-state index contributed by atoms with van der Waals surface area (Å²) in [7, 11) is 0. The molecule has 0 aliphatic carbocycles. The molecule has 6 nitrogen and oxygen atoms in total. The minimum atomic E-state index is 0.0815. The number of H-pyrrole nitrogens is 2. The van der Waals surface area contributed by atoms with Crippen LogP contribution in [0.25, 0.3) is 27.7 Å². The molecule has 1 atom stereocenters. The number of aromatic amines is 2. The first-order chi connectivity index (χ1) is 16.0. The van der Waals surface area contributed by atoms with Crippen molar-refractivity contribution in [2.75, 3.05) is 6.54 Å². The molecule has 1 unspecified atom stereocenters. The minimum absolute atomic E-state index is 0.0815. The average molecular weight is 440 g/mol. The highest BCUT2D eigenvalue weighted by molar-refractivity contribution is 5.95. The van der Waals surface area contributed by atoms with E-state index in [1.807, 2.05) is 35.4 Å². The fourth-order valence-corrected chi connectivity index (χ4v) is 4.68. The number of fused-ring (bicyclic) bond motifs is 1. The van der Waals surface area contributed by atoms with Crippen LogP contribution in [0.15, 0.2) is 67.5 Å². The third-order valence-electron chi connectivity index (χ3n) is 6.30. The summed E-state index contributed by atoms with van der Waals surface area (Å²) in [6, 6.07) is 16.8. The molecule has 6 heteroatoms. The summed E-state index contributed by atoms with van der Waals surface area (Å²) in [5.41, 5.74) is 6.88. The maximum atomic E-state index is 13.4. The zero-order valence-electron chi connectivity index (χ0n) is 19.1. The van der Waals surface area contributed by atoms with Gasteiger partial charge in [0.05, 0.1) is 23.6 Å². The van der Waals surface area contributed by atoms with E-state index in [2.05, 4.69) is 65.2 Å². The Morgan fingerprint density at radius 2 is 1.97 bits per heavy atom. The lowest BCUT2D eigenvalue weighted by Crippen LogP contribution is -2.30. The molecule has 1 fully saturated rings. The second-order valence-corrected chi connectivity index (χ2v) is 9.03. The topological polar surface area (TPSA) is 76.8 Å². The van der Waals surface area contributed by atoms with Gasteiger partial charge in [0.1, 0.15) is 0 Å². The largest absolute Gasteiger partial charge is 0.382 e. The van der Waals surface area contributed by atoms with Crippen LogP contribution in [0.2, 0.25) is 0 Å². The second kappa shape index (κ2) is 8.62. The molecular weight excluding hydrogens is 410 g/mol. The van der Waals surface area contributed by atoms with Gasteiger partial charge in [0.15, 0.2) is 0 Å². The summed E-state index contributed by atoms with van der Waals surface area (Å²) >= 11 is 0. The van der Waals surface area contributed by atoms with Gasteiger partial charge in [-0.05, 0) is 62.1 Å². The summed E-state index contributed by atoms with van der Waals surface area (Å²) in [5, 5.41) is 11.3. The highest BCUT2D eigenvalue weighted by Crippen LogP contribution is 2.35. The van der Waals surface area contributed by atoms with E-state index in [4.69, 9.17) is 0 Å². The number of carbonyl (C=O) groups is 1. The lowest BCUT2D eigenvalue weighted by atomic mass is 10.0. The molecule has 5 rings (SSSR count). The highest BCUT2D eigenvalue weighted by Gasteiger charge is 2.30. The van der Waals surface area contributed by atoms with E-state index in [1.54, 1.807) is 6.20 Å². The van der Waals surface area contributed by atoms with Gasteiger partial charge in [-0.15, -0.1) is 0 Å². The molecule has 1 aliphatic rings. The molecule has 0 spiro atoms. The Labute approximate surface area is 193 Å². The molecule has 4 aromatic rings. The van der Waals surface area contributed by atoms with Crippen molar-refractivity contribution in [1.29, 1.82) is 0 Å². The summed E-state index contributed by atoms with van der Waals surface area (Å²) in [6.07, 6.45) is 5.61. The Kier molecular flexibility index (Phi) is 5.50. The van der Waals surface area contributed by atoms with Crippen LogP contribution in [0.3, 0.4) is 0 Å². The maximum Gasteiger partial charge on any atom is 0.254 e. The fraction of sp³-hybridized carbons (Fsp3) is 0.259. The summed E-state index contributed by atoms with van der Waals surface area (Å²) < 4.78 is 0. The number of carbonyl (C=O) groups excluding carboxylic acids is 1. The van der Waals surface area contributed by atoms with Crippen LogP contribution in [0, 0.1) is 0 Å². The Balaban J connectivity index is 1.37. The number of hydrogen-bond acceptors (Lipinski definition) is 3. The molecule has 3 N–H and O–H groups in total. The number of benzene rings is 2. The SMILES string of the molecule is C=C(NC(C)C)c1cc2ccc(C3CCCN3C(=O)c3ccc(-c4cn[nH]c4)cc3)cc2[nH]1. The number of hydrogen-bond donors (Lipinski definition) is 3. The van der Waals surface area contributed by atoms with Gasteiger partial charge in [-0.1, -0.05) is 30.8 Å². The average Bonchev–Trinajstić information content (AvgIpc) is 3.58. The first kappa shape index (κ1) is 21.1. The van der Waals surface area contributed by atoms with Crippen LogP contribution < -0.4 is 5.32 Å². The van der Waals surface area contributed by atoms with Crippen LogP contribution in [0.1, 0.15) is 54.3 Å². The Hall–Kier alpha value is -3.80. The number of aromatic nitrogens is 3. The first-order valence-corrected chi connectivity index (χ1v) is 11.5. The van der Waals surface area contributed by atoms with E-state index in [0.717, 1.165) is 52.8 Å². The lowest BCUT2D eigenvalue weighted by Gasteiger charge is -2.25. The first-order valence-electron chi connectivity index (χ1n) is 11.5. The number of rotatable bonds is 6. The minimum Gasteiger partial charge on any atom is -0.382 e. The van der Waals surface area contributed by atoms with Gasteiger partial charge in [0, 0.05) is 40.8 Å². The van der Waals surface area contributed by atoms with Crippen molar-refractivity contribution in [3.05, 3.63) is 84.3 Å². The van der Waals surface area contributed by atoms with Crippen molar-refractivity contribution < 1.29 is 4.79 Å². The van der Waals surface area contributed by atoms with Crippen LogP contribution >= 0.6 is 0 Å². The van der Waals surface area contributed by atoms with Gasteiger partial charge in [0.25, 0.3) is 5.91 Å². The Bertz CT molecular complexity index is 1280. The van der Waals surface area contributed by atoms with Crippen molar-refractivity contribution in [2.24, 2.45) is 0 Å². The third-order valence-corrected chi connectivity index (χ3v) is 6.30. The zero-order chi connectivity index (χ0) is 22.9. The summed E-state index contributed by atoms with van der Waals surface area (Å²) in [5.74, 6) is 0.0815. The zero-order valence-corrected chi connectivity index (χ0v) is 19.1. The molecule has 1 amide bonds. The third kappa shape index (κ3) is 4.16. The van der Waals surface area contributed by atoms with E-state index in [-0.39, 0.29) is 11.9 Å². The van der Waals surface area contributed by atoms with Crippen LogP contribution in [0.5, 0.6) is 0 Å². The predicted octanol–water partition coefficient (Wildman–Crippen LogP) is 5.50. The fourth-order valence-electron chi connectivity index (χ4n) is 4.68. The molecule has 0 bridgehead atoms. The van der Waals surface area contributed by atoms with E-state index in [9.17, 15) is 4.79 Å². The van der Waals surface area contributed by atoms with Crippen molar-refractivity contribution in [3.63, 3.8) is 0 Å². The molecule has 0 radical (unpaired) electrons. The molecule has 168 valence electrons. The van der Waals surface area contributed by atoms with Gasteiger partial charge in [-0.3, -0.25) is 9.89 Å². The normalized spacial score (nSPS) is 16.0. The summed E-state index contributed by atoms with van der Waals surface area (Å²) in [6.45, 7) is 9.12. The summed E-state index contributed by atoms with van der Waals surface area (Å²) in [4.78, 5) is 18.9. The van der Waals surface area contributed by atoms with E-state index in [0.29, 0.717) is 11.6 Å². The van der Waals surface area contributed by atoms with E-state index in [1.165, 1.54) is 5.56 Å². The molecular formula is C27H29N5O. The van der Waals surface area contributed by atoms with Gasteiger partial charge >= 0.3 is 0 Å². The molecule has 0 saturated carbocycles. The van der Waals surface area contributed by atoms with Crippen molar-refractivity contribution in [3.8, 4) is 11.1 Å². The number of nitrogens with zero attached hydrogens (tertiary/aromatic N) is 2. The van der Waals surface area contributed by atoms with Gasteiger partial charge in [0.2, 0.25) is 0 Å². The number of nitrogens with one attached hydrogen (secondary N) is 3. The monoisotopic (exact) mass is 439 g/mol. The van der Waals surface area contributed by atoms with E-state index < -0.39 is 0 Å². The number of likely N-dealkylation sites (tertiary alicyclic amines) is 1. The van der Waals surface area contributed by atoms with Crippen molar-refractivity contribution >= 4 is 22.5 Å². The molecule has 1 saturated heterocycles. The molecule has 1 aliphatic heterocycles. The predicted molar refractivity (Wildman–Crippen MR) is 133 cm³/mol. The van der Waals surface area contributed by atoms with Crippen molar-refractivity contribution in [2.45, 2.75) is 38.8 Å². The van der Waals surface area contributed by atoms with Crippen LogP contribution in [-0.4, -0.2) is 38.6 Å². The maximum absolute atomic E-state index is 13.4. The molecule has 2 aromatic carbocycles. The Morgan fingerprint density at radius 3 is 2.70 bits per heavy atom. The molecule has 33 heavy (non-hydrogen) atoms. The van der Waals surface area contributed by atoms with Crippen LogP contribution in [0.4, 0.5) is 0 Å². The molecule has 2 aromatic heterocycles. The Morgan fingerprint density at radius 1 is 1.15 bits per heavy atom. The quantitative estimate of drug-likeness (QED) is 0.371. The highest BCUT2D eigenvalue weighted by atomic mass is 16.2. The van der Waals surface area contributed by atoms with Crippen molar-refractivity contribution in [1.82, 2.24) is 25.4 Å². The lowest BCUT2D eigenvalue weighted by molar-refractivity contribution is 0.0735. The standard InChI is InChI=1S/C27H29N5O/c1-17(2)30-18(3)24-13-21-10-11-22(14-25(21)31-24)26-5-4-12-32(26)27(33)20-8-6-19(7-9-20)23-15-28-29-16-23/h6-11,13-17,26,30-31H,3-5,12H2,1-2H3,(H,28,29). The number of amides is 1. The second-order valence-electron chi connectivity index (χ2n) is 9.03.